The van der Waals surface area contributed by atoms with Gasteiger partial charge in [-0.15, -0.1) is 0 Å². The second-order valence-electron chi connectivity index (χ2n) is 5.45. The number of alkyl halides is 3. The lowest BCUT2D eigenvalue weighted by molar-refractivity contribution is -0.137. The molecule has 0 amide bonds. The summed E-state index contributed by atoms with van der Waals surface area (Å²) in [6.07, 6.45) is 1.30. The third kappa shape index (κ3) is 5.90. The SMILES string of the molecule is CCCC(CC)CCCC(=O)c1ccc(C(F)(F)F)cc1. The summed E-state index contributed by atoms with van der Waals surface area (Å²) in [5, 5.41) is 0. The van der Waals surface area contributed by atoms with E-state index in [1.165, 1.54) is 18.6 Å². The van der Waals surface area contributed by atoms with Gasteiger partial charge in [0.1, 0.15) is 0 Å². The Bertz CT molecular complexity index is 434. The highest BCUT2D eigenvalue weighted by Gasteiger charge is 2.30. The first kappa shape index (κ1) is 17.7. The Hall–Kier alpha value is -1.32. The fourth-order valence-corrected chi connectivity index (χ4v) is 2.50. The van der Waals surface area contributed by atoms with E-state index in [1.807, 2.05) is 0 Å². The summed E-state index contributed by atoms with van der Waals surface area (Å²) in [4.78, 5) is 12.0. The quantitative estimate of drug-likeness (QED) is 0.547. The third-order valence-corrected chi connectivity index (χ3v) is 3.82. The molecule has 21 heavy (non-hydrogen) atoms. The van der Waals surface area contributed by atoms with Gasteiger partial charge in [-0.3, -0.25) is 4.79 Å². The summed E-state index contributed by atoms with van der Waals surface area (Å²) >= 11 is 0. The lowest BCUT2D eigenvalue weighted by Gasteiger charge is -2.13. The predicted molar refractivity (Wildman–Crippen MR) is 78.3 cm³/mol. The van der Waals surface area contributed by atoms with E-state index in [0.29, 0.717) is 17.9 Å². The summed E-state index contributed by atoms with van der Waals surface area (Å²) in [7, 11) is 0. The normalized spacial score (nSPS) is 13.2. The molecule has 1 unspecified atom stereocenters. The summed E-state index contributed by atoms with van der Waals surface area (Å²) < 4.78 is 37.3. The minimum atomic E-state index is -4.35. The number of ketones is 1. The molecule has 0 bridgehead atoms. The fraction of sp³-hybridized carbons (Fsp3) is 0.588. The van der Waals surface area contributed by atoms with Gasteiger partial charge < -0.3 is 0 Å². The maximum Gasteiger partial charge on any atom is 0.416 e. The van der Waals surface area contributed by atoms with Crippen molar-refractivity contribution in [3.8, 4) is 0 Å². The van der Waals surface area contributed by atoms with Crippen LogP contribution in [-0.2, 0) is 6.18 Å². The van der Waals surface area contributed by atoms with E-state index in [1.54, 1.807) is 0 Å². The Kier molecular flexibility index (Phi) is 6.93. The van der Waals surface area contributed by atoms with Gasteiger partial charge >= 0.3 is 6.18 Å². The van der Waals surface area contributed by atoms with Gasteiger partial charge in [-0.2, -0.15) is 13.2 Å². The number of rotatable bonds is 8. The molecule has 1 aromatic rings. The zero-order valence-corrected chi connectivity index (χ0v) is 12.7. The van der Waals surface area contributed by atoms with Gasteiger partial charge in [0, 0.05) is 12.0 Å². The zero-order chi connectivity index (χ0) is 15.9. The standard InChI is InChI=1S/C17H23F3O/c1-3-6-13(4-2)7-5-8-16(21)14-9-11-15(12-10-14)17(18,19)20/h9-13H,3-8H2,1-2H3. The molecule has 0 spiro atoms. The van der Waals surface area contributed by atoms with Crippen molar-refractivity contribution in [1.29, 1.82) is 0 Å². The van der Waals surface area contributed by atoms with Crippen LogP contribution in [-0.4, -0.2) is 5.78 Å². The number of hydrogen-bond donors (Lipinski definition) is 0. The molecule has 1 rings (SSSR count). The van der Waals surface area contributed by atoms with Crippen molar-refractivity contribution in [3.05, 3.63) is 35.4 Å². The van der Waals surface area contributed by atoms with E-state index < -0.39 is 11.7 Å². The number of carbonyl (C=O) groups excluding carboxylic acids is 1. The summed E-state index contributed by atoms with van der Waals surface area (Å²) in [5.74, 6) is 0.575. The Morgan fingerprint density at radius 2 is 1.71 bits per heavy atom. The van der Waals surface area contributed by atoms with Gasteiger partial charge in [0.25, 0.3) is 0 Å². The second kappa shape index (κ2) is 8.20. The molecular formula is C17H23F3O. The number of carbonyl (C=O) groups is 1. The van der Waals surface area contributed by atoms with E-state index in [-0.39, 0.29) is 5.78 Å². The number of Topliss-reactive ketones (excluding diaryl/α,β-unsaturated/α-hetero) is 1. The van der Waals surface area contributed by atoms with Gasteiger partial charge in [0.15, 0.2) is 5.78 Å². The molecule has 0 saturated carbocycles. The molecular weight excluding hydrogens is 277 g/mol. The van der Waals surface area contributed by atoms with Gasteiger partial charge in [-0.1, -0.05) is 51.7 Å². The van der Waals surface area contributed by atoms with Crippen LogP contribution in [0.5, 0.6) is 0 Å². The molecule has 0 N–H and O–H groups in total. The molecule has 0 saturated heterocycles. The van der Waals surface area contributed by atoms with Crippen molar-refractivity contribution >= 4 is 5.78 Å². The first-order valence-corrected chi connectivity index (χ1v) is 7.58. The lowest BCUT2D eigenvalue weighted by atomic mass is 9.93. The van der Waals surface area contributed by atoms with Gasteiger partial charge in [-0.05, 0) is 24.5 Å². The largest absolute Gasteiger partial charge is 0.416 e. The monoisotopic (exact) mass is 300 g/mol. The van der Waals surface area contributed by atoms with Crippen LogP contribution in [0.1, 0.15) is 68.3 Å². The Labute approximate surface area is 124 Å². The third-order valence-electron chi connectivity index (χ3n) is 3.82. The van der Waals surface area contributed by atoms with Crippen LogP contribution in [0, 0.1) is 5.92 Å². The maximum absolute atomic E-state index is 12.4. The Morgan fingerprint density at radius 1 is 1.10 bits per heavy atom. The molecule has 0 aliphatic carbocycles. The van der Waals surface area contributed by atoms with E-state index >= 15 is 0 Å². The van der Waals surface area contributed by atoms with E-state index in [0.717, 1.165) is 37.8 Å². The minimum Gasteiger partial charge on any atom is -0.294 e. The number of halogens is 3. The van der Waals surface area contributed by atoms with Crippen molar-refractivity contribution in [2.45, 2.75) is 58.5 Å². The van der Waals surface area contributed by atoms with Crippen LogP contribution >= 0.6 is 0 Å². The molecule has 1 atom stereocenters. The predicted octanol–water partition coefficient (Wildman–Crippen LogP) is 5.88. The second-order valence-corrected chi connectivity index (χ2v) is 5.45. The molecule has 0 aromatic heterocycles. The van der Waals surface area contributed by atoms with Crippen LogP contribution in [0.2, 0.25) is 0 Å². The molecule has 0 fully saturated rings. The number of hydrogen-bond acceptors (Lipinski definition) is 1. The van der Waals surface area contributed by atoms with Crippen LogP contribution in [0.4, 0.5) is 13.2 Å². The molecule has 0 radical (unpaired) electrons. The van der Waals surface area contributed by atoms with Crippen LogP contribution < -0.4 is 0 Å². The molecule has 0 heterocycles. The summed E-state index contributed by atoms with van der Waals surface area (Å²) in [6.45, 7) is 4.30. The zero-order valence-electron chi connectivity index (χ0n) is 12.7. The number of benzene rings is 1. The van der Waals surface area contributed by atoms with Gasteiger partial charge in [0.2, 0.25) is 0 Å². The molecule has 4 heteroatoms. The van der Waals surface area contributed by atoms with Gasteiger partial charge in [0.05, 0.1) is 5.56 Å². The Balaban J connectivity index is 2.49. The molecule has 0 aliphatic rings. The van der Waals surface area contributed by atoms with Crippen LogP contribution in [0.25, 0.3) is 0 Å². The van der Waals surface area contributed by atoms with E-state index in [9.17, 15) is 18.0 Å². The van der Waals surface area contributed by atoms with Crippen LogP contribution in [0.15, 0.2) is 24.3 Å². The minimum absolute atomic E-state index is 0.0740. The highest BCUT2D eigenvalue weighted by molar-refractivity contribution is 5.96. The fourth-order valence-electron chi connectivity index (χ4n) is 2.50. The Morgan fingerprint density at radius 3 is 2.19 bits per heavy atom. The van der Waals surface area contributed by atoms with Crippen molar-refractivity contribution in [2.24, 2.45) is 5.92 Å². The average molecular weight is 300 g/mol. The van der Waals surface area contributed by atoms with E-state index in [2.05, 4.69) is 13.8 Å². The van der Waals surface area contributed by atoms with E-state index in [4.69, 9.17) is 0 Å². The van der Waals surface area contributed by atoms with Crippen molar-refractivity contribution in [1.82, 2.24) is 0 Å². The molecule has 1 aromatic carbocycles. The molecule has 1 nitrogen and oxygen atoms in total. The highest BCUT2D eigenvalue weighted by atomic mass is 19.4. The molecule has 118 valence electrons. The van der Waals surface area contributed by atoms with Gasteiger partial charge in [-0.25, -0.2) is 0 Å². The van der Waals surface area contributed by atoms with Crippen molar-refractivity contribution < 1.29 is 18.0 Å². The first-order chi connectivity index (χ1) is 9.88. The lowest BCUT2D eigenvalue weighted by Crippen LogP contribution is -2.06. The summed E-state index contributed by atoms with van der Waals surface area (Å²) in [5.41, 5.74) is -0.348. The highest BCUT2D eigenvalue weighted by Crippen LogP contribution is 2.29. The van der Waals surface area contributed by atoms with Crippen molar-refractivity contribution in [3.63, 3.8) is 0 Å². The first-order valence-electron chi connectivity index (χ1n) is 7.58. The van der Waals surface area contributed by atoms with Crippen molar-refractivity contribution in [2.75, 3.05) is 0 Å². The maximum atomic E-state index is 12.4. The van der Waals surface area contributed by atoms with Crippen LogP contribution in [0.3, 0.4) is 0 Å². The average Bonchev–Trinajstić information content (AvgIpc) is 2.45. The topological polar surface area (TPSA) is 17.1 Å². The molecule has 0 aliphatic heterocycles. The summed E-state index contributed by atoms with van der Waals surface area (Å²) in [6, 6.07) is 4.49. The smallest absolute Gasteiger partial charge is 0.294 e.